The Bertz CT molecular complexity index is 270. The Kier molecular flexibility index (Phi) is 1.76. The van der Waals surface area contributed by atoms with Gasteiger partial charge in [-0.1, -0.05) is 25.5 Å². The Balaban J connectivity index is 2.06. The highest BCUT2D eigenvalue weighted by Gasteiger charge is 2.57. The molecule has 2 aliphatic rings. The normalized spacial score (nSPS) is 35.1. The first kappa shape index (κ1) is 8.79. The molecule has 2 aliphatic carbocycles. The lowest BCUT2D eigenvalue weighted by atomic mass is 9.90. The van der Waals surface area contributed by atoms with E-state index in [1.807, 2.05) is 13.8 Å². The van der Waals surface area contributed by atoms with Crippen molar-refractivity contribution in [2.75, 3.05) is 0 Å². The molecular weight excluding hydrogens is 164 g/mol. The largest absolute Gasteiger partial charge is 0.550 e. The standard InChI is InChI=1S/C11H16O2/c1-11(2)8(9(11)10(12)13)6-7-4-3-5-7/h6,8-9H,3-5H2,1-2H3,(H,12,13)/p-1/t8-,9+/m0/s1. The summed E-state index contributed by atoms with van der Waals surface area (Å²) in [6, 6.07) is 0. The van der Waals surface area contributed by atoms with Crippen LogP contribution in [0.5, 0.6) is 0 Å². The number of carboxylic acids is 1. The van der Waals surface area contributed by atoms with E-state index in [9.17, 15) is 9.90 Å². The fourth-order valence-corrected chi connectivity index (χ4v) is 2.24. The quantitative estimate of drug-likeness (QED) is 0.596. The second kappa shape index (κ2) is 2.60. The van der Waals surface area contributed by atoms with Crippen LogP contribution in [-0.2, 0) is 4.79 Å². The van der Waals surface area contributed by atoms with Gasteiger partial charge in [-0.05, 0) is 30.6 Å². The Morgan fingerprint density at radius 3 is 2.46 bits per heavy atom. The second-order valence-corrected chi connectivity index (χ2v) is 4.82. The van der Waals surface area contributed by atoms with Crippen LogP contribution in [0.25, 0.3) is 0 Å². The molecule has 0 bridgehead atoms. The van der Waals surface area contributed by atoms with E-state index < -0.39 is 5.97 Å². The minimum absolute atomic E-state index is 0.0680. The van der Waals surface area contributed by atoms with Gasteiger partial charge in [0.2, 0.25) is 0 Å². The number of hydrogen-bond donors (Lipinski definition) is 0. The maximum atomic E-state index is 10.7. The summed E-state index contributed by atoms with van der Waals surface area (Å²) in [5.41, 5.74) is 1.38. The fourth-order valence-electron chi connectivity index (χ4n) is 2.24. The van der Waals surface area contributed by atoms with Crippen molar-refractivity contribution in [3.05, 3.63) is 11.6 Å². The van der Waals surface area contributed by atoms with Gasteiger partial charge in [-0.2, -0.15) is 0 Å². The summed E-state index contributed by atoms with van der Waals surface area (Å²) in [5.74, 6) is -0.903. The zero-order valence-electron chi connectivity index (χ0n) is 8.17. The summed E-state index contributed by atoms with van der Waals surface area (Å²) < 4.78 is 0. The van der Waals surface area contributed by atoms with Crippen LogP contribution >= 0.6 is 0 Å². The molecular formula is C11H15O2-. The molecule has 2 fully saturated rings. The second-order valence-electron chi connectivity index (χ2n) is 4.82. The number of carbonyl (C=O) groups is 1. The van der Waals surface area contributed by atoms with E-state index >= 15 is 0 Å². The molecule has 0 saturated heterocycles. The maximum absolute atomic E-state index is 10.7. The van der Waals surface area contributed by atoms with Crippen molar-refractivity contribution in [2.24, 2.45) is 17.3 Å². The molecule has 0 unspecified atom stereocenters. The van der Waals surface area contributed by atoms with E-state index in [0.717, 1.165) is 0 Å². The minimum Gasteiger partial charge on any atom is -0.550 e. The predicted molar refractivity (Wildman–Crippen MR) is 47.7 cm³/mol. The van der Waals surface area contributed by atoms with Gasteiger partial charge in [0.1, 0.15) is 0 Å². The molecule has 0 aromatic rings. The molecule has 2 rings (SSSR count). The molecule has 2 saturated carbocycles. The topological polar surface area (TPSA) is 40.1 Å². The van der Waals surface area contributed by atoms with Crippen molar-refractivity contribution in [3.8, 4) is 0 Å². The molecule has 0 spiro atoms. The van der Waals surface area contributed by atoms with Crippen molar-refractivity contribution in [1.29, 1.82) is 0 Å². The van der Waals surface area contributed by atoms with E-state index in [-0.39, 0.29) is 17.3 Å². The number of aliphatic carboxylic acids is 1. The van der Waals surface area contributed by atoms with Crippen LogP contribution in [0.3, 0.4) is 0 Å². The van der Waals surface area contributed by atoms with Gasteiger partial charge in [-0.25, -0.2) is 0 Å². The Morgan fingerprint density at radius 1 is 1.54 bits per heavy atom. The van der Waals surface area contributed by atoms with E-state index in [0.29, 0.717) is 0 Å². The third-order valence-electron chi connectivity index (χ3n) is 3.58. The number of carboxylic acid groups (broad SMARTS) is 1. The lowest BCUT2D eigenvalue weighted by Gasteiger charge is -2.16. The summed E-state index contributed by atoms with van der Waals surface area (Å²) in [6.07, 6.45) is 5.79. The number of hydrogen-bond acceptors (Lipinski definition) is 2. The van der Waals surface area contributed by atoms with Crippen molar-refractivity contribution < 1.29 is 9.90 Å². The van der Waals surface area contributed by atoms with Crippen LogP contribution in [0.1, 0.15) is 33.1 Å². The van der Waals surface area contributed by atoms with Crippen molar-refractivity contribution >= 4 is 5.97 Å². The third-order valence-corrected chi connectivity index (χ3v) is 3.58. The SMILES string of the molecule is CC1(C)[C@@H](C=C2CCC2)[C@@H]1C(=O)[O-]. The summed E-state index contributed by atoms with van der Waals surface area (Å²) in [6.45, 7) is 4.02. The van der Waals surface area contributed by atoms with Crippen LogP contribution in [0.4, 0.5) is 0 Å². The van der Waals surface area contributed by atoms with E-state index in [4.69, 9.17) is 0 Å². The zero-order chi connectivity index (χ0) is 9.64. The molecule has 2 heteroatoms. The highest BCUT2D eigenvalue weighted by Crippen LogP contribution is 2.59. The van der Waals surface area contributed by atoms with Crippen molar-refractivity contribution in [2.45, 2.75) is 33.1 Å². The molecule has 0 amide bonds. The third kappa shape index (κ3) is 1.28. The number of rotatable bonds is 2. The predicted octanol–water partition coefficient (Wildman–Crippen LogP) is 1.12. The minimum atomic E-state index is -0.883. The van der Waals surface area contributed by atoms with Crippen LogP contribution in [0, 0.1) is 17.3 Å². The van der Waals surface area contributed by atoms with E-state index in [2.05, 4.69) is 6.08 Å². The fraction of sp³-hybridized carbons (Fsp3) is 0.727. The first-order valence-electron chi connectivity index (χ1n) is 4.94. The van der Waals surface area contributed by atoms with Crippen LogP contribution < -0.4 is 5.11 Å². The van der Waals surface area contributed by atoms with Crippen LogP contribution in [0.2, 0.25) is 0 Å². The average Bonchev–Trinajstić information content (AvgIpc) is 2.44. The summed E-state index contributed by atoms with van der Waals surface area (Å²) >= 11 is 0. The Labute approximate surface area is 78.6 Å². The summed E-state index contributed by atoms with van der Waals surface area (Å²) in [7, 11) is 0. The first-order chi connectivity index (χ1) is 6.03. The van der Waals surface area contributed by atoms with Crippen molar-refractivity contribution in [3.63, 3.8) is 0 Å². The van der Waals surface area contributed by atoms with Gasteiger partial charge in [0.25, 0.3) is 0 Å². The van der Waals surface area contributed by atoms with Crippen LogP contribution in [0.15, 0.2) is 11.6 Å². The average molecular weight is 179 g/mol. The van der Waals surface area contributed by atoms with Gasteiger partial charge in [0, 0.05) is 11.9 Å². The van der Waals surface area contributed by atoms with Crippen molar-refractivity contribution in [1.82, 2.24) is 0 Å². The molecule has 13 heavy (non-hydrogen) atoms. The molecule has 0 aromatic carbocycles. The lowest BCUT2D eigenvalue weighted by Crippen LogP contribution is -2.26. The summed E-state index contributed by atoms with van der Waals surface area (Å²) in [4.78, 5) is 10.7. The first-order valence-corrected chi connectivity index (χ1v) is 4.94. The Morgan fingerprint density at radius 2 is 2.15 bits per heavy atom. The van der Waals surface area contributed by atoms with Gasteiger partial charge in [0.05, 0.1) is 0 Å². The van der Waals surface area contributed by atoms with Gasteiger partial charge >= 0.3 is 0 Å². The number of carbonyl (C=O) groups excluding carboxylic acids is 1. The smallest absolute Gasteiger partial charge is 0.0456 e. The van der Waals surface area contributed by atoms with Gasteiger partial charge < -0.3 is 9.90 Å². The van der Waals surface area contributed by atoms with E-state index in [1.54, 1.807) is 0 Å². The summed E-state index contributed by atoms with van der Waals surface area (Å²) in [5, 5.41) is 10.7. The van der Waals surface area contributed by atoms with Gasteiger partial charge in [0.15, 0.2) is 0 Å². The van der Waals surface area contributed by atoms with Gasteiger partial charge in [-0.3, -0.25) is 0 Å². The molecule has 72 valence electrons. The maximum Gasteiger partial charge on any atom is 0.0456 e. The molecule has 0 aromatic heterocycles. The molecule has 2 nitrogen and oxygen atoms in total. The van der Waals surface area contributed by atoms with E-state index in [1.165, 1.54) is 24.8 Å². The lowest BCUT2D eigenvalue weighted by molar-refractivity contribution is -0.308. The highest BCUT2D eigenvalue weighted by molar-refractivity contribution is 5.74. The molecule has 2 atom stereocenters. The molecule has 0 heterocycles. The Hall–Kier alpha value is -0.790. The van der Waals surface area contributed by atoms with Gasteiger partial charge in [-0.15, -0.1) is 0 Å². The monoisotopic (exact) mass is 179 g/mol. The molecule has 0 N–H and O–H groups in total. The number of allylic oxidation sites excluding steroid dienone is 2. The highest BCUT2D eigenvalue weighted by atomic mass is 16.4. The van der Waals surface area contributed by atoms with Crippen LogP contribution in [-0.4, -0.2) is 5.97 Å². The zero-order valence-corrected chi connectivity index (χ0v) is 8.17. The molecule has 0 aliphatic heterocycles. The molecule has 0 radical (unpaired) electrons.